The number of hydrogen-bond acceptors (Lipinski definition) is 5. The molecule has 2 heterocycles. The Labute approximate surface area is 215 Å². The van der Waals surface area contributed by atoms with Crippen molar-refractivity contribution in [3.63, 3.8) is 0 Å². The summed E-state index contributed by atoms with van der Waals surface area (Å²) in [6.45, 7) is 4.18. The zero-order chi connectivity index (χ0) is 25.8. The third-order valence-electron chi connectivity index (χ3n) is 6.27. The fourth-order valence-corrected chi connectivity index (χ4v) is 4.23. The minimum absolute atomic E-state index is 0.0799. The number of carbonyl (C=O) groups excluding carboxylic acids is 2. The molecule has 0 unspecified atom stereocenters. The molecule has 1 saturated heterocycles. The Morgan fingerprint density at radius 3 is 2.49 bits per heavy atom. The van der Waals surface area contributed by atoms with Gasteiger partial charge in [-0.2, -0.15) is 5.10 Å². The molecule has 1 aliphatic rings. The molecule has 3 aromatic carbocycles. The molecule has 37 heavy (non-hydrogen) atoms. The van der Waals surface area contributed by atoms with Crippen molar-refractivity contribution in [1.82, 2.24) is 14.7 Å². The number of morpholine rings is 1. The van der Waals surface area contributed by atoms with Crippen LogP contribution in [0.5, 0.6) is 5.75 Å². The number of nitrogens with zero attached hydrogens (tertiary/aromatic N) is 3. The molecule has 2 amide bonds. The van der Waals surface area contributed by atoms with Crippen molar-refractivity contribution in [2.45, 2.75) is 6.92 Å². The number of carbonyl (C=O) groups is 2. The summed E-state index contributed by atoms with van der Waals surface area (Å²) >= 11 is 0. The van der Waals surface area contributed by atoms with E-state index in [2.05, 4.69) is 5.32 Å². The minimum Gasteiger partial charge on any atom is -0.497 e. The molecule has 8 nitrogen and oxygen atoms in total. The fourth-order valence-electron chi connectivity index (χ4n) is 4.23. The second kappa shape index (κ2) is 10.7. The Kier molecular flexibility index (Phi) is 7.00. The number of hydrogen-bond donors (Lipinski definition) is 1. The van der Waals surface area contributed by atoms with Crippen molar-refractivity contribution in [3.8, 4) is 22.7 Å². The van der Waals surface area contributed by atoms with Gasteiger partial charge in [0.05, 0.1) is 31.6 Å². The molecule has 1 aromatic heterocycles. The van der Waals surface area contributed by atoms with Crippen molar-refractivity contribution >= 4 is 17.5 Å². The Hall–Kier alpha value is -4.43. The van der Waals surface area contributed by atoms with Crippen LogP contribution in [0.15, 0.2) is 79.0 Å². The van der Waals surface area contributed by atoms with Crippen LogP contribution in [-0.4, -0.2) is 59.9 Å². The highest BCUT2D eigenvalue weighted by atomic mass is 16.5. The summed E-state index contributed by atoms with van der Waals surface area (Å²) in [5.74, 6) is 0.263. The Balaban J connectivity index is 1.46. The molecule has 188 valence electrons. The lowest BCUT2D eigenvalue weighted by Gasteiger charge is -2.27. The smallest absolute Gasteiger partial charge is 0.259 e. The number of aromatic nitrogens is 2. The standard InChI is InChI=1S/C29H28N4O4/c1-20-9-11-24(12-10-20)33-19-26(27(31-33)21-5-4-8-25(18-21)36-2)28(34)30-23-7-3-6-22(17-23)29(35)32-13-15-37-16-14-32/h3-12,17-19H,13-16H2,1-2H3,(H,30,34). The summed E-state index contributed by atoms with van der Waals surface area (Å²) in [5, 5.41) is 7.70. The predicted octanol–water partition coefficient (Wildman–Crippen LogP) is 4.58. The number of aryl methyl sites for hydroxylation is 1. The maximum Gasteiger partial charge on any atom is 0.259 e. The van der Waals surface area contributed by atoms with Gasteiger partial charge in [0.2, 0.25) is 0 Å². The van der Waals surface area contributed by atoms with Crippen molar-refractivity contribution in [2.75, 3.05) is 38.7 Å². The van der Waals surface area contributed by atoms with Crippen LogP contribution in [0.3, 0.4) is 0 Å². The summed E-state index contributed by atoms with van der Waals surface area (Å²) < 4.78 is 12.4. The zero-order valence-corrected chi connectivity index (χ0v) is 20.8. The van der Waals surface area contributed by atoms with Gasteiger partial charge >= 0.3 is 0 Å². The average molecular weight is 497 g/mol. The predicted molar refractivity (Wildman–Crippen MR) is 141 cm³/mol. The summed E-state index contributed by atoms with van der Waals surface area (Å²) in [4.78, 5) is 28.2. The first-order valence-electron chi connectivity index (χ1n) is 12.1. The first-order chi connectivity index (χ1) is 18.0. The monoisotopic (exact) mass is 496 g/mol. The summed E-state index contributed by atoms with van der Waals surface area (Å²) in [6, 6.07) is 22.3. The van der Waals surface area contributed by atoms with Crippen molar-refractivity contribution in [1.29, 1.82) is 0 Å². The molecule has 0 saturated carbocycles. The number of nitrogens with one attached hydrogen (secondary N) is 1. The highest BCUT2D eigenvalue weighted by Gasteiger charge is 2.21. The molecule has 1 aliphatic heterocycles. The molecule has 0 atom stereocenters. The Bertz CT molecular complexity index is 1420. The number of rotatable bonds is 6. The number of ether oxygens (including phenoxy) is 2. The number of anilines is 1. The highest BCUT2D eigenvalue weighted by Crippen LogP contribution is 2.28. The van der Waals surface area contributed by atoms with E-state index in [-0.39, 0.29) is 11.8 Å². The first kappa shape index (κ1) is 24.3. The number of benzene rings is 3. The van der Waals surface area contributed by atoms with Gasteiger partial charge in [0.15, 0.2) is 0 Å². The van der Waals surface area contributed by atoms with Crippen LogP contribution in [0, 0.1) is 6.92 Å². The van der Waals surface area contributed by atoms with E-state index in [0.717, 1.165) is 16.8 Å². The first-order valence-corrected chi connectivity index (χ1v) is 12.1. The minimum atomic E-state index is -0.327. The molecule has 1 N–H and O–H groups in total. The van der Waals surface area contributed by atoms with Crippen LogP contribution in [0.1, 0.15) is 26.3 Å². The lowest BCUT2D eigenvalue weighted by Crippen LogP contribution is -2.40. The lowest BCUT2D eigenvalue weighted by atomic mass is 10.1. The lowest BCUT2D eigenvalue weighted by molar-refractivity contribution is 0.0303. The van der Waals surface area contributed by atoms with Crippen LogP contribution in [0.4, 0.5) is 5.69 Å². The van der Waals surface area contributed by atoms with Crippen LogP contribution in [0.25, 0.3) is 16.9 Å². The van der Waals surface area contributed by atoms with E-state index in [1.807, 2.05) is 55.5 Å². The molecule has 0 spiro atoms. The zero-order valence-electron chi connectivity index (χ0n) is 20.8. The van der Waals surface area contributed by atoms with Gasteiger partial charge in [-0.1, -0.05) is 35.9 Å². The number of methoxy groups -OCH3 is 1. The van der Waals surface area contributed by atoms with Crippen molar-refractivity contribution in [3.05, 3.63) is 95.7 Å². The van der Waals surface area contributed by atoms with E-state index in [1.54, 1.807) is 47.2 Å². The van der Waals surface area contributed by atoms with Crippen molar-refractivity contribution in [2.24, 2.45) is 0 Å². The van der Waals surface area contributed by atoms with Crippen LogP contribution in [-0.2, 0) is 4.74 Å². The molecule has 5 rings (SSSR count). The van der Waals surface area contributed by atoms with E-state index in [1.165, 1.54) is 0 Å². The molecule has 0 radical (unpaired) electrons. The molecule has 4 aromatic rings. The van der Waals surface area contributed by atoms with E-state index < -0.39 is 0 Å². The van der Waals surface area contributed by atoms with E-state index in [9.17, 15) is 9.59 Å². The Morgan fingerprint density at radius 2 is 1.73 bits per heavy atom. The van der Waals surface area contributed by atoms with Gasteiger partial charge in [-0.05, 0) is 49.4 Å². The SMILES string of the molecule is COc1cccc(-c2nn(-c3ccc(C)cc3)cc2C(=O)Nc2cccc(C(=O)N3CCOCC3)c2)c1. The van der Waals surface area contributed by atoms with Gasteiger partial charge in [-0.25, -0.2) is 4.68 Å². The van der Waals surface area contributed by atoms with Gasteiger partial charge in [0.1, 0.15) is 11.4 Å². The quantitative estimate of drug-likeness (QED) is 0.422. The van der Waals surface area contributed by atoms with Gasteiger partial charge in [0, 0.05) is 36.1 Å². The summed E-state index contributed by atoms with van der Waals surface area (Å²) in [7, 11) is 1.60. The second-order valence-corrected chi connectivity index (χ2v) is 8.84. The third-order valence-corrected chi connectivity index (χ3v) is 6.27. The second-order valence-electron chi connectivity index (χ2n) is 8.84. The maximum atomic E-state index is 13.5. The van der Waals surface area contributed by atoms with Gasteiger partial charge in [0.25, 0.3) is 11.8 Å². The molecule has 8 heteroatoms. The van der Waals surface area contributed by atoms with Crippen LogP contribution < -0.4 is 10.1 Å². The summed E-state index contributed by atoms with van der Waals surface area (Å²) in [5.41, 5.74) is 4.70. The third kappa shape index (κ3) is 5.39. The average Bonchev–Trinajstić information content (AvgIpc) is 3.39. The van der Waals surface area contributed by atoms with Gasteiger partial charge < -0.3 is 19.7 Å². The molecule has 0 bridgehead atoms. The Morgan fingerprint density at radius 1 is 0.973 bits per heavy atom. The normalized spacial score (nSPS) is 13.3. The molecular formula is C29H28N4O4. The van der Waals surface area contributed by atoms with E-state index in [0.29, 0.717) is 54.6 Å². The van der Waals surface area contributed by atoms with Gasteiger partial charge in [-0.15, -0.1) is 0 Å². The van der Waals surface area contributed by atoms with Crippen molar-refractivity contribution < 1.29 is 19.1 Å². The topological polar surface area (TPSA) is 85.7 Å². The van der Waals surface area contributed by atoms with Gasteiger partial charge in [-0.3, -0.25) is 9.59 Å². The van der Waals surface area contributed by atoms with Crippen LogP contribution >= 0.6 is 0 Å². The van der Waals surface area contributed by atoms with Crippen LogP contribution in [0.2, 0.25) is 0 Å². The molecule has 0 aliphatic carbocycles. The summed E-state index contributed by atoms with van der Waals surface area (Å²) in [6.07, 6.45) is 1.72. The van der Waals surface area contributed by atoms with E-state index >= 15 is 0 Å². The maximum absolute atomic E-state index is 13.5. The largest absolute Gasteiger partial charge is 0.497 e. The number of amides is 2. The van der Waals surface area contributed by atoms with E-state index in [4.69, 9.17) is 14.6 Å². The highest BCUT2D eigenvalue weighted by molar-refractivity contribution is 6.08. The molecular weight excluding hydrogens is 468 g/mol. The fraction of sp³-hybridized carbons (Fsp3) is 0.207. The molecule has 1 fully saturated rings.